The van der Waals surface area contributed by atoms with E-state index in [1.165, 1.54) is 0 Å². The van der Waals surface area contributed by atoms with Gasteiger partial charge >= 0.3 is 11.9 Å². The molecule has 0 N–H and O–H groups in total. The van der Waals surface area contributed by atoms with Crippen LogP contribution in [0.3, 0.4) is 0 Å². The van der Waals surface area contributed by atoms with E-state index in [4.69, 9.17) is 9.47 Å². The van der Waals surface area contributed by atoms with Crippen molar-refractivity contribution >= 4 is 59.0 Å². The lowest BCUT2D eigenvalue weighted by Gasteiger charge is -2.05. The normalized spacial score (nSPS) is 10.4. The number of thioether (sulfide) groups is 4. The average molecular weight is 439 g/mol. The molecule has 0 atom stereocenters. The summed E-state index contributed by atoms with van der Waals surface area (Å²) in [5, 5.41) is 0. The molecule has 0 fully saturated rings. The third kappa shape index (κ3) is 17.2. The van der Waals surface area contributed by atoms with Crippen molar-refractivity contribution in [1.82, 2.24) is 0 Å². The predicted octanol–water partition coefficient (Wildman–Crippen LogP) is 4.16. The molecule has 0 amide bonds. The molecule has 0 aromatic heterocycles. The Kier molecular flexibility index (Phi) is 18.1. The van der Waals surface area contributed by atoms with E-state index in [1.807, 2.05) is 47.0 Å². The molecule has 0 radical (unpaired) electrons. The van der Waals surface area contributed by atoms with Gasteiger partial charge in [0, 0.05) is 57.2 Å². The van der Waals surface area contributed by atoms with E-state index in [1.54, 1.807) is 13.8 Å². The maximum atomic E-state index is 11.2. The van der Waals surface area contributed by atoms with Gasteiger partial charge in [-0.1, -0.05) is 13.2 Å². The van der Waals surface area contributed by atoms with Crippen molar-refractivity contribution in [1.29, 1.82) is 0 Å². The van der Waals surface area contributed by atoms with Crippen molar-refractivity contribution in [2.24, 2.45) is 0 Å². The standard InChI is InChI=1S/C18H30O4S4/c1-15(2)17(19)21-5-7-23-9-11-25-13-14-26-12-10-24-8-6-22-18(20)16(3)4/h1,3,5-14H2,2,4H3. The first-order valence-corrected chi connectivity index (χ1v) is 13.0. The Morgan fingerprint density at radius 3 is 1.15 bits per heavy atom. The Bertz CT molecular complexity index is 401. The second-order valence-corrected chi connectivity index (χ2v) is 10.2. The summed E-state index contributed by atoms with van der Waals surface area (Å²) >= 11 is 7.55. The van der Waals surface area contributed by atoms with Gasteiger partial charge in [-0.2, -0.15) is 47.0 Å². The fourth-order valence-corrected chi connectivity index (χ4v) is 5.44. The van der Waals surface area contributed by atoms with Crippen molar-refractivity contribution in [3.05, 3.63) is 24.3 Å². The summed E-state index contributed by atoms with van der Waals surface area (Å²) in [7, 11) is 0. The van der Waals surface area contributed by atoms with Crippen molar-refractivity contribution in [3.8, 4) is 0 Å². The van der Waals surface area contributed by atoms with Gasteiger partial charge in [0.2, 0.25) is 0 Å². The van der Waals surface area contributed by atoms with E-state index in [2.05, 4.69) is 13.2 Å². The van der Waals surface area contributed by atoms with Crippen LogP contribution in [0.1, 0.15) is 13.8 Å². The topological polar surface area (TPSA) is 52.6 Å². The quantitative estimate of drug-likeness (QED) is 0.191. The Hall–Kier alpha value is -0.180. The average Bonchev–Trinajstić information content (AvgIpc) is 2.60. The van der Waals surface area contributed by atoms with E-state index in [0.717, 1.165) is 46.0 Å². The molecule has 0 bridgehead atoms. The first-order valence-electron chi connectivity index (χ1n) is 8.41. The fraction of sp³-hybridized carbons (Fsp3) is 0.667. The number of hydrogen-bond donors (Lipinski definition) is 0. The van der Waals surface area contributed by atoms with E-state index in [9.17, 15) is 9.59 Å². The molecule has 4 nitrogen and oxygen atoms in total. The van der Waals surface area contributed by atoms with E-state index in [-0.39, 0.29) is 11.9 Å². The van der Waals surface area contributed by atoms with Gasteiger partial charge in [-0.3, -0.25) is 0 Å². The first kappa shape index (κ1) is 25.8. The third-order valence-corrected chi connectivity index (χ3v) is 7.38. The molecule has 26 heavy (non-hydrogen) atoms. The molecule has 8 heteroatoms. The minimum absolute atomic E-state index is 0.303. The second-order valence-electron chi connectivity index (χ2n) is 5.28. The molecule has 0 rings (SSSR count). The number of carbonyl (C=O) groups excluding carboxylic acids is 2. The molecule has 0 aliphatic carbocycles. The number of hydrogen-bond acceptors (Lipinski definition) is 8. The number of esters is 2. The summed E-state index contributed by atoms with van der Waals surface area (Å²) in [5.41, 5.74) is 0.903. The minimum atomic E-state index is -0.303. The summed E-state index contributed by atoms with van der Waals surface area (Å²) in [6.45, 7) is 11.3. The fourth-order valence-electron chi connectivity index (χ4n) is 1.39. The number of rotatable bonds is 17. The van der Waals surface area contributed by atoms with Crippen LogP contribution in [0.5, 0.6) is 0 Å². The van der Waals surface area contributed by atoms with Gasteiger partial charge in [-0.05, 0) is 13.8 Å². The second kappa shape index (κ2) is 18.2. The van der Waals surface area contributed by atoms with Crippen LogP contribution in [0.25, 0.3) is 0 Å². The molecule has 0 heterocycles. The van der Waals surface area contributed by atoms with Crippen LogP contribution in [0, 0.1) is 0 Å². The third-order valence-electron chi connectivity index (χ3n) is 2.73. The van der Waals surface area contributed by atoms with Crippen LogP contribution >= 0.6 is 47.0 Å². The lowest BCUT2D eigenvalue weighted by molar-refractivity contribution is -0.139. The monoisotopic (exact) mass is 438 g/mol. The van der Waals surface area contributed by atoms with Crippen molar-refractivity contribution in [2.45, 2.75) is 13.8 Å². The van der Waals surface area contributed by atoms with Gasteiger partial charge in [-0.15, -0.1) is 0 Å². The summed E-state index contributed by atoms with van der Waals surface area (Å²) in [6.07, 6.45) is 0. The smallest absolute Gasteiger partial charge is 0.333 e. The highest BCUT2D eigenvalue weighted by Gasteiger charge is 2.02. The van der Waals surface area contributed by atoms with Crippen LogP contribution in [-0.4, -0.2) is 71.2 Å². The zero-order valence-electron chi connectivity index (χ0n) is 15.8. The van der Waals surface area contributed by atoms with Gasteiger partial charge in [0.15, 0.2) is 0 Å². The molecule has 0 unspecified atom stereocenters. The zero-order chi connectivity index (χ0) is 19.6. The number of carbonyl (C=O) groups is 2. The summed E-state index contributed by atoms with van der Waals surface area (Å²) < 4.78 is 10.1. The summed E-state index contributed by atoms with van der Waals surface area (Å²) in [4.78, 5) is 22.3. The van der Waals surface area contributed by atoms with Crippen LogP contribution in [0.15, 0.2) is 24.3 Å². The van der Waals surface area contributed by atoms with E-state index in [0.29, 0.717) is 24.4 Å². The highest BCUT2D eigenvalue weighted by atomic mass is 32.2. The molecule has 0 aromatic carbocycles. The van der Waals surface area contributed by atoms with Crippen molar-refractivity contribution < 1.29 is 19.1 Å². The van der Waals surface area contributed by atoms with Crippen LogP contribution in [0.4, 0.5) is 0 Å². The highest BCUT2D eigenvalue weighted by Crippen LogP contribution is 2.12. The molecular formula is C18H30O4S4. The van der Waals surface area contributed by atoms with E-state index < -0.39 is 0 Å². The van der Waals surface area contributed by atoms with Crippen LogP contribution < -0.4 is 0 Å². The van der Waals surface area contributed by atoms with Gasteiger partial charge in [0.1, 0.15) is 13.2 Å². The molecule has 0 aromatic rings. The zero-order valence-corrected chi connectivity index (χ0v) is 19.0. The van der Waals surface area contributed by atoms with Gasteiger partial charge < -0.3 is 9.47 Å². The SMILES string of the molecule is C=C(C)C(=O)OCCSCCSCCSCCSCCOC(=O)C(=C)C. The van der Waals surface area contributed by atoms with Crippen LogP contribution in [-0.2, 0) is 19.1 Å². The largest absolute Gasteiger partial charge is 0.461 e. The first-order chi connectivity index (χ1) is 12.4. The van der Waals surface area contributed by atoms with Crippen LogP contribution in [0.2, 0.25) is 0 Å². The van der Waals surface area contributed by atoms with E-state index >= 15 is 0 Å². The maximum absolute atomic E-state index is 11.2. The lowest BCUT2D eigenvalue weighted by atomic mass is 10.4. The van der Waals surface area contributed by atoms with Crippen molar-refractivity contribution in [3.63, 3.8) is 0 Å². The molecule has 0 saturated carbocycles. The summed E-state index contributed by atoms with van der Waals surface area (Å²) in [6, 6.07) is 0. The number of ether oxygens (including phenoxy) is 2. The Balaban J connectivity index is 3.16. The molecule has 0 saturated heterocycles. The van der Waals surface area contributed by atoms with Crippen molar-refractivity contribution in [2.75, 3.05) is 59.2 Å². The maximum Gasteiger partial charge on any atom is 0.333 e. The predicted molar refractivity (Wildman–Crippen MR) is 121 cm³/mol. The Morgan fingerprint density at radius 1 is 0.615 bits per heavy atom. The minimum Gasteiger partial charge on any atom is -0.461 e. The molecule has 0 spiro atoms. The van der Waals surface area contributed by atoms with Gasteiger partial charge in [0.05, 0.1) is 0 Å². The summed E-state index contributed by atoms with van der Waals surface area (Å²) in [5.74, 6) is 7.82. The Labute approximate surface area is 175 Å². The lowest BCUT2D eigenvalue weighted by Crippen LogP contribution is -2.08. The molecular weight excluding hydrogens is 408 g/mol. The molecule has 0 aliphatic rings. The molecule has 150 valence electrons. The Morgan fingerprint density at radius 2 is 0.885 bits per heavy atom. The van der Waals surface area contributed by atoms with Gasteiger partial charge in [0.25, 0.3) is 0 Å². The van der Waals surface area contributed by atoms with Gasteiger partial charge in [-0.25, -0.2) is 9.59 Å². The highest BCUT2D eigenvalue weighted by molar-refractivity contribution is 8.05. The molecule has 0 aliphatic heterocycles.